The van der Waals surface area contributed by atoms with Gasteiger partial charge in [0.2, 0.25) is 5.91 Å². The molecule has 118 valence electrons. The Bertz CT molecular complexity index is 457. The lowest BCUT2D eigenvalue weighted by atomic mass is 9.89. The fourth-order valence-corrected chi connectivity index (χ4v) is 2.26. The average Bonchev–Trinajstić information content (AvgIpc) is 2.45. The SMILES string of the molecule is COc1ccccc1C(C)CC(=O)NCC(C)(C)CCO. The molecule has 1 aromatic carbocycles. The number of rotatable bonds is 8. The van der Waals surface area contributed by atoms with Gasteiger partial charge in [0.1, 0.15) is 5.75 Å². The lowest BCUT2D eigenvalue weighted by Gasteiger charge is -2.24. The van der Waals surface area contributed by atoms with Crippen LogP contribution < -0.4 is 10.1 Å². The predicted molar refractivity (Wildman–Crippen MR) is 84.5 cm³/mol. The maximum absolute atomic E-state index is 12.1. The first-order valence-corrected chi connectivity index (χ1v) is 7.40. The minimum absolute atomic E-state index is 0.0272. The summed E-state index contributed by atoms with van der Waals surface area (Å²) >= 11 is 0. The van der Waals surface area contributed by atoms with E-state index in [1.54, 1.807) is 7.11 Å². The monoisotopic (exact) mass is 293 g/mol. The maximum Gasteiger partial charge on any atom is 0.220 e. The third-order valence-electron chi connectivity index (χ3n) is 3.71. The molecule has 0 saturated carbocycles. The Labute approximate surface area is 127 Å². The highest BCUT2D eigenvalue weighted by atomic mass is 16.5. The summed E-state index contributed by atoms with van der Waals surface area (Å²) in [6, 6.07) is 7.78. The molecule has 0 bridgehead atoms. The molecule has 0 heterocycles. The van der Waals surface area contributed by atoms with E-state index in [1.165, 1.54) is 0 Å². The first-order chi connectivity index (χ1) is 9.89. The van der Waals surface area contributed by atoms with Crippen LogP contribution in [0.2, 0.25) is 0 Å². The number of hydrogen-bond donors (Lipinski definition) is 2. The van der Waals surface area contributed by atoms with E-state index in [2.05, 4.69) is 5.32 Å². The summed E-state index contributed by atoms with van der Waals surface area (Å²) in [6.07, 6.45) is 1.10. The molecule has 0 fully saturated rings. The van der Waals surface area contributed by atoms with Crippen molar-refractivity contribution in [3.8, 4) is 5.75 Å². The van der Waals surface area contributed by atoms with E-state index in [9.17, 15) is 4.79 Å². The van der Waals surface area contributed by atoms with E-state index < -0.39 is 0 Å². The van der Waals surface area contributed by atoms with Crippen molar-refractivity contribution in [2.75, 3.05) is 20.3 Å². The van der Waals surface area contributed by atoms with Gasteiger partial charge in [0, 0.05) is 19.6 Å². The highest BCUT2D eigenvalue weighted by molar-refractivity contribution is 5.77. The van der Waals surface area contributed by atoms with Crippen LogP contribution in [0.1, 0.15) is 45.1 Å². The Hall–Kier alpha value is -1.55. The molecule has 4 heteroatoms. The largest absolute Gasteiger partial charge is 0.496 e. The number of aliphatic hydroxyl groups is 1. The van der Waals surface area contributed by atoms with Gasteiger partial charge in [-0.25, -0.2) is 0 Å². The number of nitrogens with one attached hydrogen (secondary N) is 1. The molecular formula is C17H27NO3. The minimum Gasteiger partial charge on any atom is -0.496 e. The smallest absolute Gasteiger partial charge is 0.220 e. The quantitative estimate of drug-likeness (QED) is 0.775. The van der Waals surface area contributed by atoms with Crippen molar-refractivity contribution in [1.29, 1.82) is 0 Å². The molecule has 1 rings (SSSR count). The van der Waals surface area contributed by atoms with Crippen LogP contribution in [0, 0.1) is 5.41 Å². The van der Waals surface area contributed by atoms with Crippen LogP contribution in [0.15, 0.2) is 24.3 Å². The van der Waals surface area contributed by atoms with Crippen molar-refractivity contribution in [1.82, 2.24) is 5.32 Å². The van der Waals surface area contributed by atoms with E-state index >= 15 is 0 Å². The van der Waals surface area contributed by atoms with Crippen LogP contribution in [-0.2, 0) is 4.79 Å². The van der Waals surface area contributed by atoms with Crippen molar-refractivity contribution in [3.63, 3.8) is 0 Å². The predicted octanol–water partition coefficient (Wildman–Crippen LogP) is 2.71. The highest BCUT2D eigenvalue weighted by Crippen LogP contribution is 2.28. The zero-order valence-electron chi connectivity index (χ0n) is 13.5. The summed E-state index contributed by atoms with van der Waals surface area (Å²) in [5.41, 5.74) is 0.961. The molecule has 0 saturated heterocycles. The summed E-state index contributed by atoms with van der Waals surface area (Å²) in [5, 5.41) is 11.9. The number of benzene rings is 1. The van der Waals surface area contributed by atoms with Crippen molar-refractivity contribution in [3.05, 3.63) is 29.8 Å². The van der Waals surface area contributed by atoms with Gasteiger partial charge in [-0.3, -0.25) is 4.79 Å². The van der Waals surface area contributed by atoms with Gasteiger partial charge >= 0.3 is 0 Å². The van der Waals surface area contributed by atoms with Gasteiger partial charge in [0.15, 0.2) is 0 Å². The standard InChI is InChI=1S/C17H27NO3/c1-13(14-7-5-6-8-15(14)21-4)11-16(20)18-12-17(2,3)9-10-19/h5-8,13,19H,9-12H2,1-4H3,(H,18,20). The number of methoxy groups -OCH3 is 1. The average molecular weight is 293 g/mol. The second-order valence-corrected chi connectivity index (χ2v) is 6.26. The number of carbonyl (C=O) groups excluding carboxylic acids is 1. The summed E-state index contributed by atoms with van der Waals surface area (Å²) in [4.78, 5) is 12.1. The Morgan fingerprint density at radius 1 is 1.38 bits per heavy atom. The van der Waals surface area contributed by atoms with Crippen LogP contribution in [0.3, 0.4) is 0 Å². The molecule has 4 nitrogen and oxygen atoms in total. The Morgan fingerprint density at radius 2 is 2.05 bits per heavy atom. The second-order valence-electron chi connectivity index (χ2n) is 6.26. The van der Waals surface area contributed by atoms with Crippen LogP contribution in [0.5, 0.6) is 5.75 Å². The van der Waals surface area contributed by atoms with Gasteiger partial charge in [-0.05, 0) is 29.4 Å². The molecule has 21 heavy (non-hydrogen) atoms. The van der Waals surface area contributed by atoms with Crippen molar-refractivity contribution in [2.24, 2.45) is 5.41 Å². The number of ether oxygens (including phenoxy) is 1. The summed E-state index contributed by atoms with van der Waals surface area (Å²) in [7, 11) is 1.64. The molecular weight excluding hydrogens is 266 g/mol. The van der Waals surface area contributed by atoms with E-state index in [4.69, 9.17) is 9.84 Å². The van der Waals surface area contributed by atoms with Crippen molar-refractivity contribution < 1.29 is 14.6 Å². The fraction of sp³-hybridized carbons (Fsp3) is 0.588. The summed E-state index contributed by atoms with van der Waals surface area (Å²) in [5.74, 6) is 0.944. The topological polar surface area (TPSA) is 58.6 Å². The van der Waals surface area contributed by atoms with E-state index in [-0.39, 0.29) is 23.8 Å². The first kappa shape index (κ1) is 17.5. The normalized spacial score (nSPS) is 12.8. The minimum atomic E-state index is -0.0852. The second kappa shape index (κ2) is 8.03. The zero-order chi connectivity index (χ0) is 15.9. The third kappa shape index (κ3) is 5.76. The summed E-state index contributed by atoms with van der Waals surface area (Å²) in [6.45, 7) is 6.81. The van der Waals surface area contributed by atoms with Gasteiger partial charge in [-0.1, -0.05) is 39.0 Å². The van der Waals surface area contributed by atoms with Gasteiger partial charge < -0.3 is 15.2 Å². The van der Waals surface area contributed by atoms with Crippen LogP contribution in [-0.4, -0.2) is 31.3 Å². The molecule has 0 radical (unpaired) electrons. The molecule has 1 unspecified atom stereocenters. The molecule has 1 amide bonds. The number of hydrogen-bond acceptors (Lipinski definition) is 3. The van der Waals surface area contributed by atoms with Crippen LogP contribution in [0.25, 0.3) is 0 Å². The molecule has 1 atom stereocenters. The van der Waals surface area contributed by atoms with Gasteiger partial charge in [0.25, 0.3) is 0 Å². The van der Waals surface area contributed by atoms with E-state index in [0.717, 1.165) is 11.3 Å². The van der Waals surface area contributed by atoms with Gasteiger partial charge in [0.05, 0.1) is 7.11 Å². The lowest BCUT2D eigenvalue weighted by Crippen LogP contribution is -2.35. The first-order valence-electron chi connectivity index (χ1n) is 7.40. The van der Waals surface area contributed by atoms with E-state index in [1.807, 2.05) is 45.0 Å². The van der Waals surface area contributed by atoms with Gasteiger partial charge in [-0.2, -0.15) is 0 Å². The Morgan fingerprint density at radius 3 is 2.67 bits per heavy atom. The number of para-hydroxylation sites is 1. The van der Waals surface area contributed by atoms with Gasteiger partial charge in [-0.15, -0.1) is 0 Å². The number of carbonyl (C=O) groups is 1. The zero-order valence-corrected chi connectivity index (χ0v) is 13.5. The van der Waals surface area contributed by atoms with Crippen LogP contribution in [0.4, 0.5) is 0 Å². The molecule has 0 spiro atoms. The maximum atomic E-state index is 12.1. The Kier molecular flexibility index (Phi) is 6.69. The number of aliphatic hydroxyl groups excluding tert-OH is 1. The highest BCUT2D eigenvalue weighted by Gasteiger charge is 2.20. The van der Waals surface area contributed by atoms with E-state index in [0.29, 0.717) is 19.4 Å². The molecule has 0 aliphatic rings. The molecule has 0 aliphatic heterocycles. The fourth-order valence-electron chi connectivity index (χ4n) is 2.26. The lowest BCUT2D eigenvalue weighted by molar-refractivity contribution is -0.121. The van der Waals surface area contributed by atoms with Crippen molar-refractivity contribution >= 4 is 5.91 Å². The molecule has 1 aromatic rings. The third-order valence-corrected chi connectivity index (χ3v) is 3.71. The molecule has 0 aliphatic carbocycles. The molecule has 0 aromatic heterocycles. The summed E-state index contributed by atoms with van der Waals surface area (Å²) < 4.78 is 5.33. The number of amides is 1. The Balaban J connectivity index is 2.54. The van der Waals surface area contributed by atoms with Crippen LogP contribution >= 0.6 is 0 Å². The van der Waals surface area contributed by atoms with Crippen molar-refractivity contribution in [2.45, 2.75) is 39.5 Å². The molecule has 2 N–H and O–H groups in total.